The Hall–Kier alpha value is -3.93. The third-order valence-electron chi connectivity index (χ3n) is 4.71. The Morgan fingerprint density at radius 2 is 1.83 bits per heavy atom. The highest BCUT2D eigenvalue weighted by Crippen LogP contribution is 2.23. The van der Waals surface area contributed by atoms with Crippen LogP contribution in [0.15, 0.2) is 82.1 Å². The highest BCUT2D eigenvalue weighted by atomic mass is 16.4. The number of nitrogens with zero attached hydrogens (tertiary/aromatic N) is 2. The van der Waals surface area contributed by atoms with E-state index in [1.165, 1.54) is 12.3 Å². The molecular formula is C23H19N3O3. The fraction of sp³-hybridized carbons (Fsp3) is 0.0870. The van der Waals surface area contributed by atoms with Crippen molar-refractivity contribution in [1.82, 2.24) is 4.98 Å². The fourth-order valence-corrected chi connectivity index (χ4v) is 3.11. The lowest BCUT2D eigenvalue weighted by atomic mass is 10.1. The highest BCUT2D eigenvalue weighted by Gasteiger charge is 2.11. The summed E-state index contributed by atoms with van der Waals surface area (Å²) in [5.74, 6) is 0.441. The molecule has 144 valence electrons. The van der Waals surface area contributed by atoms with Crippen LogP contribution in [0.3, 0.4) is 0 Å². The number of hydrogen-bond donors (Lipinski definition) is 1. The summed E-state index contributed by atoms with van der Waals surface area (Å²) in [5, 5.41) is 3.65. The van der Waals surface area contributed by atoms with Gasteiger partial charge in [0.1, 0.15) is 11.4 Å². The lowest BCUT2D eigenvalue weighted by Crippen LogP contribution is -2.14. The standard InChI is InChI=1S/C23H19N3O3/c1-15-12-22(27)29-20-13-17(9-10-19(15)20)25-23(28)16-8-11-21(24-14-16)26(2)18-6-4-3-5-7-18/h3-14H,1-2H3,(H,25,28). The van der Waals surface area contributed by atoms with Crippen LogP contribution in [0.5, 0.6) is 0 Å². The van der Waals surface area contributed by atoms with Gasteiger partial charge < -0.3 is 14.6 Å². The van der Waals surface area contributed by atoms with Crippen LogP contribution in [0.1, 0.15) is 15.9 Å². The quantitative estimate of drug-likeness (QED) is 0.523. The zero-order valence-corrected chi connectivity index (χ0v) is 16.0. The number of aryl methyl sites for hydroxylation is 1. The second-order valence-electron chi connectivity index (χ2n) is 6.71. The molecule has 6 nitrogen and oxygen atoms in total. The van der Waals surface area contributed by atoms with Crippen LogP contribution in [0.4, 0.5) is 17.2 Å². The number of para-hydroxylation sites is 1. The number of carbonyl (C=O) groups excluding carboxylic acids is 1. The summed E-state index contributed by atoms with van der Waals surface area (Å²) < 4.78 is 5.23. The lowest BCUT2D eigenvalue weighted by Gasteiger charge is -2.18. The van der Waals surface area contributed by atoms with E-state index in [9.17, 15) is 9.59 Å². The second-order valence-corrected chi connectivity index (χ2v) is 6.71. The number of anilines is 3. The van der Waals surface area contributed by atoms with Gasteiger partial charge in [-0.2, -0.15) is 0 Å². The summed E-state index contributed by atoms with van der Waals surface area (Å²) in [5.41, 5.74) is 2.83. The number of carbonyl (C=O) groups is 1. The van der Waals surface area contributed by atoms with E-state index >= 15 is 0 Å². The van der Waals surface area contributed by atoms with E-state index in [0.717, 1.165) is 22.5 Å². The number of amides is 1. The Balaban J connectivity index is 1.53. The molecule has 0 saturated heterocycles. The molecule has 4 aromatic rings. The van der Waals surface area contributed by atoms with Crippen LogP contribution in [-0.4, -0.2) is 17.9 Å². The smallest absolute Gasteiger partial charge is 0.336 e. The minimum atomic E-state index is -0.416. The summed E-state index contributed by atoms with van der Waals surface area (Å²) in [6, 6.07) is 20.1. The Morgan fingerprint density at radius 1 is 1.03 bits per heavy atom. The third-order valence-corrected chi connectivity index (χ3v) is 4.71. The van der Waals surface area contributed by atoms with Gasteiger partial charge in [-0.1, -0.05) is 18.2 Å². The van der Waals surface area contributed by atoms with E-state index in [1.807, 2.05) is 55.3 Å². The Kier molecular flexibility index (Phi) is 4.83. The Bertz CT molecular complexity index is 1230. The molecule has 0 radical (unpaired) electrons. The summed E-state index contributed by atoms with van der Waals surface area (Å²) in [7, 11) is 1.92. The number of fused-ring (bicyclic) bond motifs is 1. The van der Waals surface area contributed by atoms with Crippen molar-refractivity contribution in [3.63, 3.8) is 0 Å². The van der Waals surface area contributed by atoms with Crippen LogP contribution < -0.4 is 15.8 Å². The van der Waals surface area contributed by atoms with Crippen molar-refractivity contribution < 1.29 is 9.21 Å². The molecule has 2 aromatic carbocycles. The molecule has 0 aliphatic heterocycles. The molecule has 1 N–H and O–H groups in total. The highest BCUT2D eigenvalue weighted by molar-refractivity contribution is 6.05. The Morgan fingerprint density at radius 3 is 2.55 bits per heavy atom. The van der Waals surface area contributed by atoms with Crippen molar-refractivity contribution in [3.05, 3.63) is 94.5 Å². The molecule has 0 aliphatic carbocycles. The molecule has 0 atom stereocenters. The van der Waals surface area contributed by atoms with E-state index < -0.39 is 5.63 Å². The first kappa shape index (κ1) is 18.4. The molecule has 2 heterocycles. The molecule has 2 aromatic heterocycles. The van der Waals surface area contributed by atoms with Gasteiger partial charge in [-0.15, -0.1) is 0 Å². The SMILES string of the molecule is Cc1cc(=O)oc2cc(NC(=O)c3ccc(N(C)c4ccccc4)nc3)ccc12. The molecular weight excluding hydrogens is 366 g/mol. The minimum absolute atomic E-state index is 0.291. The van der Waals surface area contributed by atoms with Crippen LogP contribution in [-0.2, 0) is 0 Å². The van der Waals surface area contributed by atoms with Crippen molar-refractivity contribution in [2.45, 2.75) is 6.92 Å². The summed E-state index contributed by atoms with van der Waals surface area (Å²) in [6.45, 7) is 1.84. The minimum Gasteiger partial charge on any atom is -0.423 e. The monoisotopic (exact) mass is 385 g/mol. The van der Waals surface area contributed by atoms with Crippen LogP contribution in [0, 0.1) is 6.92 Å². The average Bonchev–Trinajstić information content (AvgIpc) is 2.73. The molecule has 0 spiro atoms. The summed E-state index contributed by atoms with van der Waals surface area (Å²) >= 11 is 0. The van der Waals surface area contributed by atoms with Crippen LogP contribution in [0.25, 0.3) is 11.0 Å². The normalized spacial score (nSPS) is 10.7. The fourth-order valence-electron chi connectivity index (χ4n) is 3.11. The number of benzene rings is 2. The van der Waals surface area contributed by atoms with E-state index in [-0.39, 0.29) is 5.91 Å². The largest absolute Gasteiger partial charge is 0.423 e. The first-order valence-electron chi connectivity index (χ1n) is 9.12. The molecule has 0 bridgehead atoms. The van der Waals surface area contributed by atoms with Gasteiger partial charge in [0.25, 0.3) is 5.91 Å². The average molecular weight is 385 g/mol. The van der Waals surface area contributed by atoms with Gasteiger partial charge in [-0.25, -0.2) is 9.78 Å². The maximum absolute atomic E-state index is 12.6. The first-order valence-corrected chi connectivity index (χ1v) is 9.12. The maximum atomic E-state index is 12.6. The number of aromatic nitrogens is 1. The number of nitrogens with one attached hydrogen (secondary N) is 1. The van der Waals surface area contributed by atoms with Crippen molar-refractivity contribution >= 4 is 34.1 Å². The van der Waals surface area contributed by atoms with Crippen molar-refractivity contribution in [1.29, 1.82) is 0 Å². The van der Waals surface area contributed by atoms with Crippen LogP contribution in [0.2, 0.25) is 0 Å². The zero-order valence-electron chi connectivity index (χ0n) is 16.0. The topological polar surface area (TPSA) is 75.4 Å². The summed E-state index contributed by atoms with van der Waals surface area (Å²) in [6.07, 6.45) is 1.54. The molecule has 0 aliphatic rings. The van der Waals surface area contributed by atoms with E-state index in [1.54, 1.807) is 24.3 Å². The van der Waals surface area contributed by atoms with Gasteiger partial charge in [-0.3, -0.25) is 4.79 Å². The molecule has 29 heavy (non-hydrogen) atoms. The summed E-state index contributed by atoms with van der Waals surface area (Å²) in [4.78, 5) is 30.5. The zero-order chi connectivity index (χ0) is 20.4. The van der Waals surface area contributed by atoms with E-state index in [2.05, 4.69) is 10.3 Å². The third kappa shape index (κ3) is 3.87. The number of rotatable bonds is 4. The van der Waals surface area contributed by atoms with Crippen molar-refractivity contribution in [2.24, 2.45) is 0 Å². The number of pyridine rings is 1. The van der Waals surface area contributed by atoms with E-state index in [0.29, 0.717) is 16.8 Å². The van der Waals surface area contributed by atoms with Gasteiger partial charge in [0.05, 0.1) is 5.56 Å². The predicted molar refractivity (Wildman–Crippen MR) is 114 cm³/mol. The van der Waals surface area contributed by atoms with Gasteiger partial charge in [0, 0.05) is 42.1 Å². The van der Waals surface area contributed by atoms with Crippen molar-refractivity contribution in [2.75, 3.05) is 17.3 Å². The van der Waals surface area contributed by atoms with Gasteiger partial charge in [0.15, 0.2) is 0 Å². The first-order chi connectivity index (χ1) is 14.0. The van der Waals surface area contributed by atoms with Gasteiger partial charge in [0.2, 0.25) is 0 Å². The predicted octanol–water partition coefficient (Wildman–Crippen LogP) is 4.52. The second kappa shape index (κ2) is 7.59. The van der Waals surface area contributed by atoms with Gasteiger partial charge in [-0.05, 0) is 48.9 Å². The van der Waals surface area contributed by atoms with Crippen LogP contribution >= 0.6 is 0 Å². The van der Waals surface area contributed by atoms with E-state index in [4.69, 9.17) is 4.42 Å². The molecule has 1 amide bonds. The molecule has 4 rings (SSSR count). The maximum Gasteiger partial charge on any atom is 0.336 e. The lowest BCUT2D eigenvalue weighted by molar-refractivity contribution is 0.102. The molecule has 6 heteroatoms. The Labute approximate surface area is 167 Å². The molecule has 0 fully saturated rings. The van der Waals surface area contributed by atoms with Crippen molar-refractivity contribution in [3.8, 4) is 0 Å². The molecule has 0 saturated carbocycles. The molecule has 0 unspecified atom stereocenters. The van der Waals surface area contributed by atoms with Gasteiger partial charge >= 0.3 is 5.63 Å². The number of hydrogen-bond acceptors (Lipinski definition) is 5.